The summed E-state index contributed by atoms with van der Waals surface area (Å²) in [4.78, 5) is 16.0. The number of nitrogens with zero attached hydrogens (tertiary/aromatic N) is 3. The molecule has 37 heavy (non-hydrogen) atoms. The van der Waals surface area contributed by atoms with Gasteiger partial charge < -0.3 is 5.11 Å². The van der Waals surface area contributed by atoms with Gasteiger partial charge in [-0.1, -0.05) is 59.7 Å². The number of carboxylic acids is 1. The van der Waals surface area contributed by atoms with E-state index in [0.29, 0.717) is 5.39 Å². The average molecular weight is 540 g/mol. The molecule has 0 radical (unpaired) electrons. The fourth-order valence-corrected chi connectivity index (χ4v) is 6.43. The van der Waals surface area contributed by atoms with E-state index in [9.17, 15) is 26.7 Å². The first-order valence-electron chi connectivity index (χ1n) is 11.2. The molecule has 3 aromatic carbocycles. The Kier molecular flexibility index (Phi) is 6.94. The van der Waals surface area contributed by atoms with E-state index in [4.69, 9.17) is 0 Å². The number of hydrogen-bond donors (Lipinski definition) is 1. The highest BCUT2D eigenvalue weighted by Crippen LogP contribution is 2.36. The van der Waals surface area contributed by atoms with Crippen molar-refractivity contribution in [1.29, 1.82) is 0 Å². The number of anilines is 2. The minimum absolute atomic E-state index is 0.0863. The van der Waals surface area contributed by atoms with Crippen LogP contribution in [0, 0.1) is 13.8 Å². The molecule has 0 amide bonds. The first-order valence-corrected chi connectivity index (χ1v) is 14.1. The van der Waals surface area contributed by atoms with Gasteiger partial charge in [0.15, 0.2) is 5.82 Å². The van der Waals surface area contributed by atoms with Gasteiger partial charge in [-0.25, -0.2) is 26.1 Å². The normalized spacial score (nSPS) is 11.9. The molecule has 192 valence electrons. The SMILES string of the molecule is Cc1ccc(S(=O)(=O)N(C)c2cnc(N(CC(=O)O)S(=O)(=O)c3ccc(C)cc3)c3ccccc23)cc1. The Morgan fingerprint density at radius 3 is 1.78 bits per heavy atom. The van der Waals surface area contributed by atoms with Crippen molar-refractivity contribution in [3.8, 4) is 0 Å². The largest absolute Gasteiger partial charge is 0.480 e. The van der Waals surface area contributed by atoms with Crippen LogP contribution in [0.1, 0.15) is 11.1 Å². The minimum atomic E-state index is -4.31. The number of aromatic nitrogens is 1. The molecule has 1 aromatic heterocycles. The quantitative estimate of drug-likeness (QED) is 0.359. The van der Waals surface area contributed by atoms with Gasteiger partial charge in [0.05, 0.1) is 21.7 Å². The summed E-state index contributed by atoms with van der Waals surface area (Å²) >= 11 is 0. The van der Waals surface area contributed by atoms with Crippen LogP contribution in [0.3, 0.4) is 0 Å². The van der Waals surface area contributed by atoms with Crippen LogP contribution in [-0.4, -0.2) is 46.5 Å². The monoisotopic (exact) mass is 539 g/mol. The number of hydrogen-bond acceptors (Lipinski definition) is 6. The van der Waals surface area contributed by atoms with Gasteiger partial charge in [0, 0.05) is 17.8 Å². The average Bonchev–Trinajstić information content (AvgIpc) is 2.86. The van der Waals surface area contributed by atoms with Gasteiger partial charge in [0.2, 0.25) is 0 Å². The fourth-order valence-electron chi connectivity index (χ4n) is 3.84. The van der Waals surface area contributed by atoms with Gasteiger partial charge in [0.1, 0.15) is 6.54 Å². The van der Waals surface area contributed by atoms with Crippen LogP contribution in [-0.2, 0) is 24.8 Å². The molecule has 0 spiro atoms. The summed E-state index contributed by atoms with van der Waals surface area (Å²) in [5, 5.41) is 10.2. The van der Waals surface area contributed by atoms with Crippen LogP contribution in [0.2, 0.25) is 0 Å². The third-order valence-corrected chi connectivity index (χ3v) is 9.43. The molecule has 0 aliphatic carbocycles. The van der Waals surface area contributed by atoms with Gasteiger partial charge >= 0.3 is 5.97 Å². The molecule has 0 unspecified atom stereocenters. The predicted molar refractivity (Wildman–Crippen MR) is 142 cm³/mol. The van der Waals surface area contributed by atoms with E-state index in [1.165, 1.54) is 37.5 Å². The van der Waals surface area contributed by atoms with Crippen LogP contribution in [0.15, 0.2) is 88.8 Å². The lowest BCUT2D eigenvalue weighted by Gasteiger charge is -2.26. The highest BCUT2D eigenvalue weighted by atomic mass is 32.2. The number of benzene rings is 3. The number of carboxylic acid groups (broad SMARTS) is 1. The minimum Gasteiger partial charge on any atom is -0.480 e. The maximum absolute atomic E-state index is 13.5. The van der Waals surface area contributed by atoms with Gasteiger partial charge in [-0.2, -0.15) is 0 Å². The first kappa shape index (κ1) is 26.1. The Morgan fingerprint density at radius 1 is 0.784 bits per heavy atom. The Balaban J connectivity index is 1.88. The second-order valence-corrected chi connectivity index (χ2v) is 12.3. The van der Waals surface area contributed by atoms with Crippen LogP contribution < -0.4 is 8.61 Å². The second kappa shape index (κ2) is 9.83. The maximum Gasteiger partial charge on any atom is 0.324 e. The summed E-state index contributed by atoms with van der Waals surface area (Å²) in [5.41, 5.74) is 1.96. The number of aryl methyl sites for hydroxylation is 2. The summed E-state index contributed by atoms with van der Waals surface area (Å²) in [7, 11) is -6.88. The van der Waals surface area contributed by atoms with Gasteiger partial charge in [-0.15, -0.1) is 0 Å². The number of carbonyl (C=O) groups is 1. The molecule has 0 atom stereocenters. The number of sulfonamides is 2. The zero-order valence-corrected chi connectivity index (χ0v) is 22.0. The zero-order valence-electron chi connectivity index (χ0n) is 20.4. The van der Waals surface area contributed by atoms with E-state index in [0.717, 1.165) is 19.7 Å². The molecule has 11 heteroatoms. The van der Waals surface area contributed by atoms with E-state index in [1.807, 2.05) is 6.92 Å². The van der Waals surface area contributed by atoms with E-state index in [2.05, 4.69) is 4.98 Å². The zero-order chi connectivity index (χ0) is 27.0. The molecular weight excluding hydrogens is 514 g/mol. The van der Waals surface area contributed by atoms with Gasteiger partial charge in [-0.3, -0.25) is 9.10 Å². The molecule has 0 aliphatic rings. The van der Waals surface area contributed by atoms with E-state index in [-0.39, 0.29) is 26.7 Å². The van der Waals surface area contributed by atoms with Crippen molar-refractivity contribution < 1.29 is 26.7 Å². The standard InChI is InChI=1S/C26H25N3O6S2/c1-18-8-12-20(13-9-18)36(32,33)28(3)24-16-27-26(23-7-5-4-6-22(23)24)29(17-25(30)31)37(34,35)21-14-10-19(2)11-15-21/h4-16H,17H2,1-3H3,(H,30,31). The fraction of sp³-hybridized carbons (Fsp3) is 0.154. The topological polar surface area (TPSA) is 125 Å². The number of fused-ring (bicyclic) bond motifs is 1. The molecular formula is C26H25N3O6S2. The van der Waals surface area contributed by atoms with Crippen LogP contribution >= 0.6 is 0 Å². The van der Waals surface area contributed by atoms with Gasteiger partial charge in [-0.05, 0) is 38.1 Å². The molecule has 0 aliphatic heterocycles. The maximum atomic E-state index is 13.5. The van der Waals surface area contributed by atoms with Crippen LogP contribution in [0.4, 0.5) is 11.5 Å². The van der Waals surface area contributed by atoms with Gasteiger partial charge in [0.25, 0.3) is 20.0 Å². The Morgan fingerprint density at radius 2 is 1.27 bits per heavy atom. The Hall–Kier alpha value is -3.96. The summed E-state index contributed by atoms with van der Waals surface area (Å²) < 4.78 is 55.5. The third-order valence-electron chi connectivity index (χ3n) is 5.90. The molecule has 0 saturated carbocycles. The van der Waals surface area contributed by atoms with E-state index < -0.39 is 32.6 Å². The van der Waals surface area contributed by atoms with E-state index >= 15 is 0 Å². The number of rotatable bonds is 8. The summed E-state index contributed by atoms with van der Waals surface area (Å²) in [6.45, 7) is 2.79. The number of aliphatic carboxylic acids is 1. The Bertz CT molecular complexity index is 1690. The van der Waals surface area contributed by atoms with Crippen molar-refractivity contribution in [2.75, 3.05) is 22.2 Å². The van der Waals surface area contributed by atoms with E-state index in [1.54, 1.807) is 55.5 Å². The lowest BCUT2D eigenvalue weighted by atomic mass is 10.1. The molecule has 0 bridgehead atoms. The lowest BCUT2D eigenvalue weighted by Crippen LogP contribution is -2.36. The summed E-state index contributed by atoms with van der Waals surface area (Å²) in [5.74, 6) is -1.49. The molecule has 1 N–H and O–H groups in total. The summed E-state index contributed by atoms with van der Waals surface area (Å²) in [6.07, 6.45) is 1.24. The molecule has 1 heterocycles. The lowest BCUT2D eigenvalue weighted by molar-refractivity contribution is -0.135. The Labute approximate surface area is 215 Å². The van der Waals surface area contributed by atoms with Crippen LogP contribution in [0.25, 0.3) is 10.8 Å². The first-order chi connectivity index (χ1) is 17.4. The van der Waals surface area contributed by atoms with Crippen LogP contribution in [0.5, 0.6) is 0 Å². The van der Waals surface area contributed by atoms with Crippen molar-refractivity contribution in [3.63, 3.8) is 0 Å². The molecule has 9 nitrogen and oxygen atoms in total. The molecule has 0 saturated heterocycles. The van der Waals surface area contributed by atoms with Crippen molar-refractivity contribution in [2.24, 2.45) is 0 Å². The van der Waals surface area contributed by atoms with Crippen molar-refractivity contribution in [2.45, 2.75) is 23.6 Å². The molecule has 4 aromatic rings. The second-order valence-electron chi connectivity index (χ2n) is 8.52. The highest BCUT2D eigenvalue weighted by molar-refractivity contribution is 7.93. The predicted octanol–water partition coefficient (Wildman–Crippen LogP) is 3.96. The number of pyridine rings is 1. The third kappa shape index (κ3) is 5.00. The highest BCUT2D eigenvalue weighted by Gasteiger charge is 2.31. The molecule has 4 rings (SSSR count). The van der Waals surface area contributed by atoms with Crippen molar-refractivity contribution in [3.05, 3.63) is 90.1 Å². The summed E-state index contributed by atoms with van der Waals surface area (Å²) in [6, 6.07) is 19.0. The smallest absolute Gasteiger partial charge is 0.324 e. The van der Waals surface area contributed by atoms with Crippen molar-refractivity contribution >= 4 is 48.3 Å². The van der Waals surface area contributed by atoms with Crippen molar-refractivity contribution in [1.82, 2.24) is 4.98 Å². The molecule has 0 fully saturated rings.